The van der Waals surface area contributed by atoms with Crippen LogP contribution < -0.4 is 5.56 Å². The monoisotopic (exact) mass is 400 g/mol. The zero-order valence-corrected chi connectivity index (χ0v) is 15.7. The highest BCUT2D eigenvalue weighted by Gasteiger charge is 2.15. The number of rotatable bonds is 4. The Morgan fingerprint density at radius 2 is 2.00 bits per heavy atom. The van der Waals surface area contributed by atoms with Crippen molar-refractivity contribution in [2.75, 3.05) is 0 Å². The van der Waals surface area contributed by atoms with Gasteiger partial charge in [0.2, 0.25) is 0 Å². The lowest BCUT2D eigenvalue weighted by atomic mass is 10.2. The molecule has 8 heteroatoms. The molecule has 1 N–H and O–H groups in total. The molecular formula is C19H13FN2O3S2. The molecule has 136 valence electrons. The number of H-pyrrole nitrogens is 1. The van der Waals surface area contributed by atoms with E-state index in [4.69, 9.17) is 4.74 Å². The van der Waals surface area contributed by atoms with Crippen LogP contribution in [0.1, 0.15) is 21.1 Å². The van der Waals surface area contributed by atoms with E-state index in [2.05, 4.69) is 9.97 Å². The number of aryl methyl sites for hydroxylation is 1. The molecule has 0 bridgehead atoms. The van der Waals surface area contributed by atoms with Gasteiger partial charge in [0.15, 0.2) is 0 Å². The highest BCUT2D eigenvalue weighted by atomic mass is 32.1. The fraction of sp³-hybridized carbons (Fsp3) is 0.105. The standard InChI is InChI=1S/C19H13FN2O3S2/c1-10-2-7-14(27-10)13-9-26-18-16(13)17(23)21-15(22-18)8-25-19(24)11-3-5-12(20)6-4-11/h2-7,9H,8H2,1H3,(H,21,22,23). The van der Waals surface area contributed by atoms with E-state index in [1.165, 1.54) is 35.6 Å². The largest absolute Gasteiger partial charge is 0.454 e. The number of aromatic nitrogens is 2. The van der Waals surface area contributed by atoms with Crippen LogP contribution in [0.15, 0.2) is 46.6 Å². The number of fused-ring (bicyclic) bond motifs is 1. The van der Waals surface area contributed by atoms with Gasteiger partial charge in [0.25, 0.3) is 5.56 Å². The molecule has 0 amide bonds. The van der Waals surface area contributed by atoms with E-state index >= 15 is 0 Å². The molecule has 0 spiro atoms. The van der Waals surface area contributed by atoms with Gasteiger partial charge in [0, 0.05) is 20.7 Å². The lowest BCUT2D eigenvalue weighted by molar-refractivity contribution is 0.0462. The van der Waals surface area contributed by atoms with Crippen LogP contribution in [-0.4, -0.2) is 15.9 Å². The minimum Gasteiger partial charge on any atom is -0.454 e. The van der Waals surface area contributed by atoms with Crippen molar-refractivity contribution in [2.45, 2.75) is 13.5 Å². The van der Waals surface area contributed by atoms with Gasteiger partial charge in [-0.25, -0.2) is 14.2 Å². The zero-order valence-electron chi connectivity index (χ0n) is 14.1. The van der Waals surface area contributed by atoms with Crippen LogP contribution in [0.2, 0.25) is 0 Å². The molecule has 0 radical (unpaired) electrons. The van der Waals surface area contributed by atoms with Gasteiger partial charge in [-0.2, -0.15) is 0 Å². The molecule has 5 nitrogen and oxygen atoms in total. The highest BCUT2D eigenvalue weighted by molar-refractivity contribution is 7.19. The van der Waals surface area contributed by atoms with Gasteiger partial charge in [-0.15, -0.1) is 22.7 Å². The Bertz CT molecular complexity index is 1190. The number of nitrogens with one attached hydrogen (secondary N) is 1. The quantitative estimate of drug-likeness (QED) is 0.511. The molecule has 0 saturated carbocycles. The van der Waals surface area contributed by atoms with Crippen molar-refractivity contribution in [1.82, 2.24) is 9.97 Å². The second kappa shape index (κ2) is 7.05. The van der Waals surface area contributed by atoms with E-state index in [1.54, 1.807) is 11.3 Å². The van der Waals surface area contributed by atoms with Crippen LogP contribution in [0.25, 0.3) is 20.7 Å². The van der Waals surface area contributed by atoms with Crippen molar-refractivity contribution >= 4 is 38.9 Å². The predicted octanol–water partition coefficient (Wildman–Crippen LogP) is 4.52. The normalized spacial score (nSPS) is 11.0. The topological polar surface area (TPSA) is 72.0 Å². The van der Waals surface area contributed by atoms with Crippen LogP contribution in [-0.2, 0) is 11.3 Å². The molecule has 0 unspecified atom stereocenters. The van der Waals surface area contributed by atoms with Crippen LogP contribution in [0.3, 0.4) is 0 Å². The summed E-state index contributed by atoms with van der Waals surface area (Å²) in [4.78, 5) is 34.4. The first-order valence-electron chi connectivity index (χ1n) is 8.01. The van der Waals surface area contributed by atoms with E-state index in [-0.39, 0.29) is 23.6 Å². The summed E-state index contributed by atoms with van der Waals surface area (Å²) in [6.45, 7) is 1.84. The van der Waals surface area contributed by atoms with Crippen LogP contribution >= 0.6 is 22.7 Å². The van der Waals surface area contributed by atoms with Crippen molar-refractivity contribution in [2.24, 2.45) is 0 Å². The van der Waals surface area contributed by atoms with Gasteiger partial charge in [0.05, 0.1) is 10.9 Å². The lowest BCUT2D eigenvalue weighted by Crippen LogP contribution is -2.14. The Kier molecular flexibility index (Phi) is 4.59. The van der Waals surface area contributed by atoms with Gasteiger partial charge in [-0.3, -0.25) is 4.79 Å². The number of hydrogen-bond donors (Lipinski definition) is 1. The van der Waals surface area contributed by atoms with Gasteiger partial charge >= 0.3 is 5.97 Å². The first kappa shape index (κ1) is 17.6. The van der Waals surface area contributed by atoms with Crippen molar-refractivity contribution in [1.29, 1.82) is 0 Å². The molecular weight excluding hydrogens is 387 g/mol. The molecule has 3 aromatic heterocycles. The van der Waals surface area contributed by atoms with Gasteiger partial charge < -0.3 is 9.72 Å². The molecule has 1 aromatic carbocycles. The molecule has 27 heavy (non-hydrogen) atoms. The third-order valence-electron chi connectivity index (χ3n) is 3.92. The number of nitrogens with zero attached hydrogens (tertiary/aromatic N) is 1. The third-order valence-corrected chi connectivity index (χ3v) is 5.82. The lowest BCUT2D eigenvalue weighted by Gasteiger charge is -2.05. The van der Waals surface area contributed by atoms with Crippen LogP contribution in [0.4, 0.5) is 4.39 Å². The number of carbonyl (C=O) groups excluding carboxylic acids is 1. The van der Waals surface area contributed by atoms with Crippen LogP contribution in [0, 0.1) is 12.7 Å². The molecule has 0 saturated heterocycles. The average molecular weight is 400 g/mol. The minimum atomic E-state index is -0.612. The number of halogens is 1. The number of carbonyl (C=O) groups is 1. The predicted molar refractivity (Wildman–Crippen MR) is 104 cm³/mol. The maximum absolute atomic E-state index is 12.9. The van der Waals surface area contributed by atoms with E-state index in [0.717, 1.165) is 15.3 Å². The Morgan fingerprint density at radius 1 is 1.22 bits per heavy atom. The molecule has 4 rings (SSSR count). The van der Waals surface area contributed by atoms with Crippen molar-refractivity contribution < 1.29 is 13.9 Å². The van der Waals surface area contributed by atoms with Crippen molar-refractivity contribution in [3.63, 3.8) is 0 Å². The molecule has 0 aliphatic rings. The third kappa shape index (κ3) is 3.54. The van der Waals surface area contributed by atoms with Crippen molar-refractivity contribution in [3.8, 4) is 10.4 Å². The van der Waals surface area contributed by atoms with E-state index < -0.39 is 11.8 Å². The number of esters is 1. The molecule has 3 heterocycles. The molecule has 0 fully saturated rings. The summed E-state index contributed by atoms with van der Waals surface area (Å²) in [5.74, 6) is -0.783. The summed E-state index contributed by atoms with van der Waals surface area (Å²) < 4.78 is 18.1. The van der Waals surface area contributed by atoms with Crippen molar-refractivity contribution in [3.05, 3.63) is 74.2 Å². The summed E-state index contributed by atoms with van der Waals surface area (Å²) in [7, 11) is 0. The van der Waals surface area contributed by atoms with Gasteiger partial charge in [-0.1, -0.05) is 0 Å². The zero-order chi connectivity index (χ0) is 19.0. The second-order valence-electron chi connectivity index (χ2n) is 5.84. The Labute approximate surface area is 161 Å². The fourth-order valence-corrected chi connectivity index (χ4v) is 4.55. The number of hydrogen-bond acceptors (Lipinski definition) is 6. The molecule has 4 aromatic rings. The number of aromatic amines is 1. The Morgan fingerprint density at radius 3 is 2.70 bits per heavy atom. The summed E-state index contributed by atoms with van der Waals surface area (Å²) in [5.41, 5.74) is 0.818. The summed E-state index contributed by atoms with van der Waals surface area (Å²) in [6, 6.07) is 9.04. The molecule has 0 aliphatic heterocycles. The van der Waals surface area contributed by atoms with E-state index in [0.29, 0.717) is 10.2 Å². The average Bonchev–Trinajstić information content (AvgIpc) is 3.26. The summed E-state index contributed by atoms with van der Waals surface area (Å²) in [6.07, 6.45) is 0. The number of ether oxygens (including phenoxy) is 1. The second-order valence-corrected chi connectivity index (χ2v) is 7.98. The summed E-state index contributed by atoms with van der Waals surface area (Å²) >= 11 is 2.99. The number of benzene rings is 1. The maximum Gasteiger partial charge on any atom is 0.338 e. The number of thiophene rings is 2. The van der Waals surface area contributed by atoms with Gasteiger partial charge in [0.1, 0.15) is 23.1 Å². The summed E-state index contributed by atoms with van der Waals surface area (Å²) in [5, 5.41) is 2.45. The van der Waals surface area contributed by atoms with Gasteiger partial charge in [-0.05, 0) is 43.3 Å². The molecule has 0 aliphatic carbocycles. The minimum absolute atomic E-state index is 0.174. The first-order valence-corrected chi connectivity index (χ1v) is 9.71. The van der Waals surface area contributed by atoms with E-state index in [1.807, 2.05) is 24.4 Å². The Hall–Kier alpha value is -2.84. The van der Waals surface area contributed by atoms with Crippen LogP contribution in [0.5, 0.6) is 0 Å². The van der Waals surface area contributed by atoms with E-state index in [9.17, 15) is 14.0 Å². The molecule has 0 atom stereocenters. The smallest absolute Gasteiger partial charge is 0.338 e. The maximum atomic E-state index is 12.9. The Balaban J connectivity index is 1.58. The first-order chi connectivity index (χ1) is 13.0. The fourth-order valence-electron chi connectivity index (χ4n) is 2.63. The SMILES string of the molecule is Cc1ccc(-c2csc3nc(COC(=O)c4ccc(F)cc4)[nH]c(=O)c23)s1. The highest BCUT2D eigenvalue weighted by Crippen LogP contribution is 2.34.